The first-order valence-corrected chi connectivity index (χ1v) is 10.2. The Morgan fingerprint density at radius 1 is 1.11 bits per heavy atom. The normalized spacial score (nSPS) is 15.8. The Hall–Kier alpha value is -2.15. The van der Waals surface area contributed by atoms with E-state index in [9.17, 15) is 4.79 Å². The average Bonchev–Trinajstić information content (AvgIpc) is 3.21. The van der Waals surface area contributed by atoms with E-state index in [1.54, 1.807) is 11.0 Å². The summed E-state index contributed by atoms with van der Waals surface area (Å²) < 4.78 is 7.43. The molecule has 1 saturated heterocycles. The molecule has 2 heterocycles. The number of anilines is 1. The summed E-state index contributed by atoms with van der Waals surface area (Å²) in [6.45, 7) is 2.04. The molecule has 1 aliphatic heterocycles. The van der Waals surface area contributed by atoms with Crippen LogP contribution in [0.5, 0.6) is 0 Å². The number of carbonyl (C=O) groups excluding carboxylic acids is 1. The van der Waals surface area contributed by atoms with Gasteiger partial charge in [-0.1, -0.05) is 64.2 Å². The fourth-order valence-electron chi connectivity index (χ4n) is 2.79. The van der Waals surface area contributed by atoms with Crippen molar-refractivity contribution in [1.29, 1.82) is 0 Å². The molecule has 134 valence electrons. The number of amides is 1. The minimum absolute atomic E-state index is 0.134. The van der Waals surface area contributed by atoms with Crippen LogP contribution < -0.4 is 4.90 Å². The molecule has 2 aromatic carbocycles. The van der Waals surface area contributed by atoms with Crippen LogP contribution >= 0.6 is 39.9 Å². The molecule has 0 radical (unpaired) electrons. The van der Waals surface area contributed by atoms with Crippen LogP contribution in [0.2, 0.25) is 0 Å². The van der Waals surface area contributed by atoms with Crippen molar-refractivity contribution in [2.75, 3.05) is 4.90 Å². The van der Waals surface area contributed by atoms with Crippen molar-refractivity contribution >= 4 is 61.9 Å². The number of rotatable bonds is 3. The smallest absolute Gasteiger partial charge is 0.270 e. The number of nitrogens with zero attached hydrogens (tertiary/aromatic N) is 1. The monoisotopic (exact) mass is 455 g/mol. The average molecular weight is 456 g/mol. The highest BCUT2D eigenvalue weighted by Gasteiger charge is 2.33. The van der Waals surface area contributed by atoms with Gasteiger partial charge in [0.1, 0.15) is 11.5 Å². The molecule has 0 aliphatic carbocycles. The fourth-order valence-corrected chi connectivity index (χ4v) is 4.76. The molecule has 6 heteroatoms. The molecule has 0 unspecified atom stereocenters. The third kappa shape index (κ3) is 3.65. The highest BCUT2D eigenvalue weighted by molar-refractivity contribution is 9.10. The van der Waals surface area contributed by atoms with E-state index in [-0.39, 0.29) is 5.91 Å². The number of hydrogen-bond donors (Lipinski definition) is 0. The van der Waals surface area contributed by atoms with Gasteiger partial charge in [0.25, 0.3) is 5.91 Å². The van der Waals surface area contributed by atoms with E-state index < -0.39 is 0 Å². The lowest BCUT2D eigenvalue weighted by atomic mass is 10.1. The zero-order valence-electron chi connectivity index (χ0n) is 14.3. The maximum atomic E-state index is 12.8. The van der Waals surface area contributed by atoms with Gasteiger partial charge in [-0.15, -0.1) is 0 Å². The second-order valence-corrected chi connectivity index (χ2v) is 8.57. The number of benzene rings is 2. The molecule has 1 aliphatic rings. The molecule has 4 rings (SSSR count). The first-order valence-electron chi connectivity index (χ1n) is 8.22. The lowest BCUT2D eigenvalue weighted by Crippen LogP contribution is -2.27. The second-order valence-electron chi connectivity index (χ2n) is 6.04. The van der Waals surface area contributed by atoms with Crippen LogP contribution in [0, 0.1) is 6.92 Å². The van der Waals surface area contributed by atoms with E-state index in [0.29, 0.717) is 15.0 Å². The summed E-state index contributed by atoms with van der Waals surface area (Å²) in [4.78, 5) is 14.9. The first kappa shape index (κ1) is 18.2. The van der Waals surface area contributed by atoms with Crippen molar-refractivity contribution in [3.63, 3.8) is 0 Å². The van der Waals surface area contributed by atoms with E-state index in [2.05, 4.69) is 15.9 Å². The van der Waals surface area contributed by atoms with Crippen molar-refractivity contribution in [1.82, 2.24) is 0 Å². The highest BCUT2D eigenvalue weighted by atomic mass is 79.9. The third-order valence-corrected chi connectivity index (χ3v) is 6.06. The second kappa shape index (κ2) is 7.46. The summed E-state index contributed by atoms with van der Waals surface area (Å²) in [6.07, 6.45) is 1.74. The van der Waals surface area contributed by atoms with Gasteiger partial charge in [-0.2, -0.15) is 0 Å². The summed E-state index contributed by atoms with van der Waals surface area (Å²) in [5.74, 6) is 1.23. The predicted octanol–water partition coefficient (Wildman–Crippen LogP) is 6.42. The van der Waals surface area contributed by atoms with Gasteiger partial charge in [0.05, 0.1) is 10.6 Å². The predicted molar refractivity (Wildman–Crippen MR) is 119 cm³/mol. The molecule has 27 heavy (non-hydrogen) atoms. The number of carbonyl (C=O) groups is 1. The molecule has 3 aromatic rings. The van der Waals surface area contributed by atoms with Gasteiger partial charge in [-0.05, 0) is 48.9 Å². The van der Waals surface area contributed by atoms with Gasteiger partial charge in [0.15, 0.2) is 4.32 Å². The molecule has 0 atom stereocenters. The summed E-state index contributed by atoms with van der Waals surface area (Å²) >= 11 is 10.3. The van der Waals surface area contributed by atoms with E-state index >= 15 is 0 Å². The SMILES string of the molecule is Cc1ccc(-c2ccc(/C=C3/SC(=S)N(c4ccccc4)C3=O)o2)c(Br)c1. The summed E-state index contributed by atoms with van der Waals surface area (Å²) in [5.41, 5.74) is 2.91. The van der Waals surface area contributed by atoms with Gasteiger partial charge >= 0.3 is 0 Å². The quantitative estimate of drug-likeness (QED) is 0.336. The van der Waals surface area contributed by atoms with Crippen LogP contribution in [0.15, 0.2) is 74.5 Å². The van der Waals surface area contributed by atoms with Crippen molar-refractivity contribution in [2.24, 2.45) is 0 Å². The van der Waals surface area contributed by atoms with Gasteiger partial charge in [0.2, 0.25) is 0 Å². The Morgan fingerprint density at radius 3 is 2.63 bits per heavy atom. The van der Waals surface area contributed by atoms with E-state index in [1.165, 1.54) is 17.3 Å². The van der Waals surface area contributed by atoms with E-state index in [0.717, 1.165) is 21.5 Å². The van der Waals surface area contributed by atoms with Gasteiger partial charge < -0.3 is 4.42 Å². The fraction of sp³-hybridized carbons (Fsp3) is 0.0476. The van der Waals surface area contributed by atoms with Crippen LogP contribution in [0.1, 0.15) is 11.3 Å². The Balaban J connectivity index is 1.62. The highest BCUT2D eigenvalue weighted by Crippen LogP contribution is 2.37. The zero-order valence-corrected chi connectivity index (χ0v) is 17.5. The van der Waals surface area contributed by atoms with Crippen LogP contribution in [0.4, 0.5) is 5.69 Å². The molecule has 1 amide bonds. The number of hydrogen-bond acceptors (Lipinski definition) is 4. The van der Waals surface area contributed by atoms with Crippen LogP contribution in [0.3, 0.4) is 0 Å². The molecule has 0 spiro atoms. The number of furan rings is 1. The van der Waals surface area contributed by atoms with Gasteiger partial charge in [0, 0.05) is 16.1 Å². The number of thiocarbonyl (C=S) groups is 1. The Morgan fingerprint density at radius 2 is 1.89 bits per heavy atom. The van der Waals surface area contributed by atoms with Crippen molar-refractivity contribution in [3.05, 3.63) is 81.4 Å². The maximum Gasteiger partial charge on any atom is 0.270 e. The number of thioether (sulfide) groups is 1. The standard InChI is InChI=1S/C21H14BrNO2S2/c1-13-7-9-16(17(22)11-13)18-10-8-15(25-18)12-19-20(24)23(21(26)27-19)14-5-3-2-4-6-14/h2-12H,1H3/b19-12+. The van der Waals surface area contributed by atoms with Gasteiger partial charge in [-0.25, -0.2) is 0 Å². The van der Waals surface area contributed by atoms with Crippen molar-refractivity contribution < 1.29 is 9.21 Å². The Labute approximate surface area is 175 Å². The van der Waals surface area contributed by atoms with Crippen LogP contribution in [0.25, 0.3) is 17.4 Å². The van der Waals surface area contributed by atoms with E-state index in [4.69, 9.17) is 16.6 Å². The lowest BCUT2D eigenvalue weighted by Gasteiger charge is -2.13. The number of halogens is 1. The van der Waals surface area contributed by atoms with Crippen LogP contribution in [-0.2, 0) is 4.79 Å². The topological polar surface area (TPSA) is 33.5 Å². The van der Waals surface area contributed by atoms with Crippen molar-refractivity contribution in [3.8, 4) is 11.3 Å². The van der Waals surface area contributed by atoms with Crippen LogP contribution in [-0.4, -0.2) is 10.2 Å². The minimum Gasteiger partial charge on any atom is -0.457 e. The van der Waals surface area contributed by atoms with Gasteiger partial charge in [-0.3, -0.25) is 9.69 Å². The molecular formula is C21H14BrNO2S2. The van der Waals surface area contributed by atoms with Crippen molar-refractivity contribution in [2.45, 2.75) is 6.92 Å². The third-order valence-electron chi connectivity index (χ3n) is 4.10. The number of aryl methyl sites for hydroxylation is 1. The molecular weight excluding hydrogens is 442 g/mol. The molecule has 0 saturated carbocycles. The largest absolute Gasteiger partial charge is 0.457 e. The maximum absolute atomic E-state index is 12.8. The minimum atomic E-state index is -0.134. The van der Waals surface area contributed by atoms with E-state index in [1.807, 2.05) is 67.6 Å². The lowest BCUT2D eigenvalue weighted by molar-refractivity contribution is -0.113. The molecule has 1 fully saturated rings. The zero-order chi connectivity index (χ0) is 19.0. The summed E-state index contributed by atoms with van der Waals surface area (Å²) in [6, 6.07) is 19.3. The molecule has 1 aromatic heterocycles. The molecule has 0 N–H and O–H groups in total. The first-order chi connectivity index (χ1) is 13.0. The summed E-state index contributed by atoms with van der Waals surface area (Å²) in [5, 5.41) is 0. The Bertz CT molecular complexity index is 1070. The molecule has 3 nitrogen and oxygen atoms in total. The molecule has 0 bridgehead atoms. The Kier molecular flexibility index (Phi) is 5.04. The summed E-state index contributed by atoms with van der Waals surface area (Å²) in [7, 11) is 0. The number of para-hydroxylation sites is 1.